The number of amides is 2. The monoisotopic (exact) mass is 663 g/mol. The third-order valence-electron chi connectivity index (χ3n) is 8.53. The summed E-state index contributed by atoms with van der Waals surface area (Å²) in [6.45, 7) is 5.73. The van der Waals surface area contributed by atoms with Crippen molar-refractivity contribution in [2.24, 2.45) is 19.5 Å². The number of carbonyl (C=O) groups excluding carboxylic acids is 2. The predicted molar refractivity (Wildman–Crippen MR) is 174 cm³/mol. The Morgan fingerprint density at radius 3 is 2.39 bits per heavy atom. The third kappa shape index (κ3) is 5.57. The highest BCUT2D eigenvalue weighted by Crippen LogP contribution is 2.42. The molecule has 238 valence electrons. The van der Waals surface area contributed by atoms with E-state index in [2.05, 4.69) is 15.2 Å². The van der Waals surface area contributed by atoms with Gasteiger partial charge in [0.2, 0.25) is 11.8 Å². The number of nitrogens with zero attached hydrogens (tertiary/aromatic N) is 6. The van der Waals surface area contributed by atoms with Crippen LogP contribution in [0.25, 0.3) is 22.4 Å². The summed E-state index contributed by atoms with van der Waals surface area (Å²) in [7, 11) is 4.33. The van der Waals surface area contributed by atoms with Crippen molar-refractivity contribution in [3.8, 4) is 28.3 Å². The molecule has 0 aliphatic carbocycles. The number of methoxy groups -OCH3 is 1. The van der Waals surface area contributed by atoms with Gasteiger partial charge in [-0.15, -0.1) is 0 Å². The normalized spacial score (nSPS) is 15.3. The smallest absolute Gasteiger partial charge is 0.330 e. The standard InChI is InChI=1S/C32H31Cl2N7O5/c1-18(42)41-16-32(17-41)14-40(15-32)12-19-8-9-24(37-29(19)46-4)22-11-35-10-21(26(22)33)20-6-5-7-25(27(20)34)36-28(43)23-13-38(2)31(45)39(3)30(23)44/h5-11,13H,12,14-17H2,1-4H3,(H,36,43). The SMILES string of the molecule is COc1nc(-c2cncc(-c3cccc(NC(=O)c4cn(C)c(=O)n(C)c4=O)c3Cl)c2Cl)ccc1CN1CC2(C1)CN(C(C)=O)C2. The molecular formula is C32H31Cl2N7O5. The molecule has 1 aromatic carbocycles. The summed E-state index contributed by atoms with van der Waals surface area (Å²) in [6, 6.07) is 8.86. The van der Waals surface area contributed by atoms with Crippen LogP contribution in [0, 0.1) is 5.41 Å². The van der Waals surface area contributed by atoms with Crippen LogP contribution in [0.5, 0.6) is 5.88 Å². The van der Waals surface area contributed by atoms with Gasteiger partial charge in [0.15, 0.2) is 0 Å². The van der Waals surface area contributed by atoms with Crippen LogP contribution in [0.15, 0.2) is 58.5 Å². The maximum atomic E-state index is 13.0. The largest absolute Gasteiger partial charge is 0.481 e. The van der Waals surface area contributed by atoms with Crippen LogP contribution in [0.2, 0.25) is 10.0 Å². The van der Waals surface area contributed by atoms with Crippen molar-refractivity contribution in [3.05, 3.63) is 90.9 Å². The molecule has 2 amide bonds. The van der Waals surface area contributed by atoms with Gasteiger partial charge in [0.1, 0.15) is 5.56 Å². The zero-order chi connectivity index (χ0) is 32.9. The fourth-order valence-electron chi connectivity index (χ4n) is 6.16. The molecule has 0 radical (unpaired) electrons. The van der Waals surface area contributed by atoms with Gasteiger partial charge in [0.05, 0.1) is 28.5 Å². The Kier molecular flexibility index (Phi) is 8.21. The molecule has 0 saturated carbocycles. The van der Waals surface area contributed by atoms with Crippen molar-refractivity contribution in [3.63, 3.8) is 0 Å². The minimum atomic E-state index is -0.727. The minimum absolute atomic E-state index is 0.121. The number of carbonyl (C=O) groups is 2. The van der Waals surface area contributed by atoms with Crippen molar-refractivity contribution in [1.82, 2.24) is 28.9 Å². The molecule has 12 nitrogen and oxygen atoms in total. The number of aromatic nitrogens is 4. The van der Waals surface area contributed by atoms with E-state index in [9.17, 15) is 19.2 Å². The Morgan fingerprint density at radius 2 is 1.70 bits per heavy atom. The highest BCUT2D eigenvalue weighted by Gasteiger charge is 2.52. The van der Waals surface area contributed by atoms with Gasteiger partial charge >= 0.3 is 5.69 Å². The summed E-state index contributed by atoms with van der Waals surface area (Å²) in [5.74, 6) is -0.120. The van der Waals surface area contributed by atoms with Gasteiger partial charge in [0.25, 0.3) is 11.5 Å². The minimum Gasteiger partial charge on any atom is -0.481 e. The number of hydrogen-bond acceptors (Lipinski definition) is 8. The summed E-state index contributed by atoms with van der Waals surface area (Å²) in [6.07, 6.45) is 4.37. The molecule has 2 fully saturated rings. The summed E-state index contributed by atoms with van der Waals surface area (Å²) < 4.78 is 7.67. The zero-order valence-electron chi connectivity index (χ0n) is 25.6. The van der Waals surface area contributed by atoms with Crippen molar-refractivity contribution in [1.29, 1.82) is 0 Å². The first-order chi connectivity index (χ1) is 21.9. The van der Waals surface area contributed by atoms with Crippen LogP contribution in [-0.4, -0.2) is 74.0 Å². The average molecular weight is 665 g/mol. The summed E-state index contributed by atoms with van der Waals surface area (Å²) in [4.78, 5) is 62.6. The van der Waals surface area contributed by atoms with E-state index in [4.69, 9.17) is 32.9 Å². The van der Waals surface area contributed by atoms with Gasteiger partial charge in [-0.05, 0) is 12.1 Å². The molecule has 0 bridgehead atoms. The molecule has 1 spiro atoms. The first-order valence-electron chi connectivity index (χ1n) is 14.4. The Balaban J connectivity index is 1.23. The van der Waals surface area contributed by atoms with Crippen molar-refractivity contribution in [2.75, 3.05) is 38.6 Å². The quantitative estimate of drug-likeness (QED) is 0.318. The van der Waals surface area contributed by atoms with Gasteiger partial charge in [-0.2, -0.15) is 0 Å². The summed E-state index contributed by atoms with van der Waals surface area (Å²) in [5, 5.41) is 3.20. The van der Waals surface area contributed by atoms with Crippen LogP contribution in [0.1, 0.15) is 22.8 Å². The number of anilines is 1. The van der Waals surface area contributed by atoms with Gasteiger partial charge < -0.3 is 19.5 Å². The van der Waals surface area contributed by atoms with E-state index in [1.807, 2.05) is 17.0 Å². The molecule has 2 aliphatic heterocycles. The molecule has 2 saturated heterocycles. The number of aryl methyl sites for hydroxylation is 1. The lowest BCUT2D eigenvalue weighted by Gasteiger charge is -2.60. The molecule has 14 heteroatoms. The average Bonchev–Trinajstić information content (AvgIpc) is 2.99. The van der Waals surface area contributed by atoms with Crippen LogP contribution < -0.4 is 21.3 Å². The van der Waals surface area contributed by atoms with E-state index in [0.717, 1.165) is 40.9 Å². The Hall–Kier alpha value is -4.52. The van der Waals surface area contributed by atoms with Crippen molar-refractivity contribution < 1.29 is 14.3 Å². The van der Waals surface area contributed by atoms with E-state index < -0.39 is 17.2 Å². The number of halogens is 2. The number of likely N-dealkylation sites (tertiary alicyclic amines) is 2. The summed E-state index contributed by atoms with van der Waals surface area (Å²) >= 11 is 13.7. The highest BCUT2D eigenvalue weighted by molar-refractivity contribution is 6.39. The topological polar surface area (TPSA) is 132 Å². The molecule has 46 heavy (non-hydrogen) atoms. The Labute approximate surface area is 274 Å². The van der Waals surface area contributed by atoms with Gasteiger partial charge in [0, 0.05) is 100 Å². The number of ether oxygens (including phenoxy) is 1. The number of rotatable bonds is 7. The molecule has 5 heterocycles. The van der Waals surface area contributed by atoms with Gasteiger partial charge in [-0.1, -0.05) is 41.4 Å². The Bertz CT molecular complexity index is 2010. The first-order valence-corrected chi connectivity index (χ1v) is 15.2. The predicted octanol–water partition coefficient (Wildman–Crippen LogP) is 3.44. The number of hydrogen-bond donors (Lipinski definition) is 1. The zero-order valence-corrected chi connectivity index (χ0v) is 27.1. The molecule has 3 aromatic heterocycles. The second-order valence-electron chi connectivity index (χ2n) is 11.9. The molecule has 0 atom stereocenters. The lowest BCUT2D eigenvalue weighted by Crippen LogP contribution is -2.72. The van der Waals surface area contributed by atoms with E-state index in [-0.39, 0.29) is 27.6 Å². The maximum absolute atomic E-state index is 13.0. The molecule has 6 rings (SSSR count). The molecule has 0 unspecified atom stereocenters. The number of benzene rings is 1. The second-order valence-corrected chi connectivity index (χ2v) is 12.6. The lowest BCUT2D eigenvalue weighted by molar-refractivity contribution is -0.157. The van der Waals surface area contributed by atoms with Gasteiger partial charge in [-0.25, -0.2) is 9.78 Å². The van der Waals surface area contributed by atoms with Crippen molar-refractivity contribution >= 4 is 40.7 Å². The molecular weight excluding hydrogens is 633 g/mol. The fraction of sp³-hybridized carbons (Fsp3) is 0.312. The fourth-order valence-corrected chi connectivity index (χ4v) is 6.73. The molecule has 2 aliphatic rings. The number of pyridine rings is 2. The van der Waals surface area contributed by atoms with E-state index >= 15 is 0 Å². The Morgan fingerprint density at radius 1 is 0.978 bits per heavy atom. The van der Waals surface area contributed by atoms with Gasteiger partial charge in [-0.3, -0.25) is 28.8 Å². The van der Waals surface area contributed by atoms with Crippen LogP contribution in [-0.2, 0) is 25.4 Å². The maximum Gasteiger partial charge on any atom is 0.330 e. The van der Waals surface area contributed by atoms with Crippen LogP contribution >= 0.6 is 23.2 Å². The number of nitrogens with one attached hydrogen (secondary N) is 1. The van der Waals surface area contributed by atoms with Crippen LogP contribution in [0.4, 0.5) is 5.69 Å². The molecule has 4 aromatic rings. The first kappa shape index (κ1) is 31.5. The highest BCUT2D eigenvalue weighted by atomic mass is 35.5. The van der Waals surface area contributed by atoms with E-state index in [1.165, 1.54) is 20.3 Å². The van der Waals surface area contributed by atoms with Crippen LogP contribution in [0.3, 0.4) is 0 Å². The molecule has 1 N–H and O–H groups in total. The van der Waals surface area contributed by atoms with E-state index in [0.29, 0.717) is 39.8 Å². The van der Waals surface area contributed by atoms with Crippen molar-refractivity contribution in [2.45, 2.75) is 13.5 Å². The van der Waals surface area contributed by atoms with E-state index in [1.54, 1.807) is 44.6 Å². The lowest BCUT2D eigenvalue weighted by atomic mass is 9.72. The summed E-state index contributed by atoms with van der Waals surface area (Å²) in [5.41, 5.74) is 2.02. The third-order valence-corrected chi connectivity index (χ3v) is 9.34. The second kappa shape index (κ2) is 12.0.